The van der Waals surface area contributed by atoms with Crippen LogP contribution in [0.4, 0.5) is 13.2 Å². The molecule has 0 radical (unpaired) electrons. The summed E-state index contributed by atoms with van der Waals surface area (Å²) < 4.78 is 40.6. The van der Waals surface area contributed by atoms with E-state index in [9.17, 15) is 42.6 Å². The molecule has 1 aliphatic heterocycles. The van der Waals surface area contributed by atoms with Crippen LogP contribution in [0.1, 0.15) is 44.2 Å². The van der Waals surface area contributed by atoms with Gasteiger partial charge in [0.05, 0.1) is 24.0 Å². The molecule has 2 aromatic rings. The number of amides is 2. The van der Waals surface area contributed by atoms with Gasteiger partial charge in [-0.1, -0.05) is 44.2 Å². The van der Waals surface area contributed by atoms with Crippen molar-refractivity contribution < 1.29 is 80.3 Å². The van der Waals surface area contributed by atoms with E-state index in [0.717, 1.165) is 10.5 Å². The minimum absolute atomic E-state index is 0. The number of halogens is 3. The number of carboxylic acid groups (broad SMARTS) is 2. The smallest absolute Gasteiger partial charge is 0.548 e. The Balaban J connectivity index is 0.00000506. The largest absolute Gasteiger partial charge is 1.00 e. The van der Waals surface area contributed by atoms with Crippen LogP contribution >= 0.6 is 0 Å². The summed E-state index contributed by atoms with van der Waals surface area (Å²) in [5, 5.41) is 29.3. The molecular formula is C30H35F3Li2N4O6. The maximum atomic E-state index is 14.0. The van der Waals surface area contributed by atoms with Crippen molar-refractivity contribution in [2.75, 3.05) is 6.54 Å². The summed E-state index contributed by atoms with van der Waals surface area (Å²) in [5.41, 5.74) is 6.61. The Kier molecular flexibility index (Phi) is 16.4. The first-order chi connectivity index (χ1) is 20.3. The van der Waals surface area contributed by atoms with E-state index in [0.29, 0.717) is 18.6 Å². The van der Waals surface area contributed by atoms with E-state index in [4.69, 9.17) is 5.73 Å². The van der Waals surface area contributed by atoms with Crippen molar-refractivity contribution in [1.82, 2.24) is 15.5 Å². The van der Waals surface area contributed by atoms with Crippen LogP contribution in [0.2, 0.25) is 0 Å². The SMILES string of the molecule is CC(C)[C@H](N[C@@H](CCc1ccccc1)C(=O)[O-])C(=O)N1C[C@@H](NC(=O)C[C@H](N)Cc2cc(F)c(F)cc2F)C[C@H]1C(=O)[O-].[Li+].[Li+]. The number of rotatable bonds is 14. The predicted molar refractivity (Wildman–Crippen MR) is 145 cm³/mol. The molecule has 2 amide bonds. The first kappa shape index (κ1) is 40.2. The summed E-state index contributed by atoms with van der Waals surface area (Å²) in [5.74, 6) is -8.29. The van der Waals surface area contributed by atoms with E-state index in [1.54, 1.807) is 13.8 Å². The second-order valence-electron chi connectivity index (χ2n) is 11.1. The van der Waals surface area contributed by atoms with E-state index >= 15 is 0 Å². The molecule has 1 aliphatic rings. The molecule has 4 N–H and O–H groups in total. The van der Waals surface area contributed by atoms with Crippen LogP contribution in [0.5, 0.6) is 0 Å². The van der Waals surface area contributed by atoms with Crippen molar-refractivity contribution >= 4 is 23.8 Å². The Morgan fingerprint density at radius 3 is 2.20 bits per heavy atom. The summed E-state index contributed by atoms with van der Waals surface area (Å²) in [7, 11) is 0. The summed E-state index contributed by atoms with van der Waals surface area (Å²) in [6.45, 7) is 3.17. The van der Waals surface area contributed by atoms with Crippen molar-refractivity contribution in [2.24, 2.45) is 11.7 Å². The molecule has 0 spiro atoms. The van der Waals surface area contributed by atoms with Crippen LogP contribution in [0, 0.1) is 23.4 Å². The molecule has 0 bridgehead atoms. The van der Waals surface area contributed by atoms with Crippen molar-refractivity contribution in [3.8, 4) is 0 Å². The molecule has 234 valence electrons. The third-order valence-corrected chi connectivity index (χ3v) is 7.40. The Labute approximate surface area is 284 Å². The van der Waals surface area contributed by atoms with Crippen LogP contribution < -0.4 is 64.3 Å². The van der Waals surface area contributed by atoms with Gasteiger partial charge in [-0.3, -0.25) is 14.9 Å². The van der Waals surface area contributed by atoms with E-state index in [1.807, 2.05) is 30.3 Å². The monoisotopic (exact) mass is 618 g/mol. The van der Waals surface area contributed by atoms with Gasteiger partial charge in [0.15, 0.2) is 11.6 Å². The minimum atomic E-state index is -1.54. The maximum absolute atomic E-state index is 14.0. The number of carboxylic acids is 2. The van der Waals surface area contributed by atoms with Crippen LogP contribution in [-0.4, -0.2) is 65.4 Å². The van der Waals surface area contributed by atoms with Gasteiger partial charge in [-0.15, -0.1) is 0 Å². The number of carbonyl (C=O) groups is 4. The van der Waals surface area contributed by atoms with Gasteiger partial charge in [-0.25, -0.2) is 13.2 Å². The second-order valence-corrected chi connectivity index (χ2v) is 11.1. The molecule has 3 rings (SSSR count). The van der Waals surface area contributed by atoms with Gasteiger partial charge in [0, 0.05) is 37.2 Å². The fourth-order valence-electron chi connectivity index (χ4n) is 5.18. The topological polar surface area (TPSA) is 168 Å². The van der Waals surface area contributed by atoms with Gasteiger partial charge in [0.25, 0.3) is 0 Å². The summed E-state index contributed by atoms with van der Waals surface area (Å²) in [6, 6.07) is 4.78. The third kappa shape index (κ3) is 11.5. The quantitative estimate of drug-likeness (QED) is 0.139. The van der Waals surface area contributed by atoms with Gasteiger partial charge < -0.3 is 35.8 Å². The zero-order valence-electron chi connectivity index (χ0n) is 25.9. The first-order valence-electron chi connectivity index (χ1n) is 14.0. The third-order valence-electron chi connectivity index (χ3n) is 7.40. The molecular weight excluding hydrogens is 583 g/mol. The van der Waals surface area contributed by atoms with E-state index < -0.39 is 77.3 Å². The van der Waals surface area contributed by atoms with Crippen molar-refractivity contribution in [3.05, 3.63) is 71.0 Å². The number of aryl methyl sites for hydroxylation is 1. The zero-order chi connectivity index (χ0) is 31.8. The fourth-order valence-corrected chi connectivity index (χ4v) is 5.18. The number of carbonyl (C=O) groups excluding carboxylic acids is 4. The predicted octanol–water partition coefficient (Wildman–Crippen LogP) is -6.43. The summed E-state index contributed by atoms with van der Waals surface area (Å²) in [6.07, 6.45) is -0.256. The van der Waals surface area contributed by atoms with Gasteiger partial charge >= 0.3 is 37.7 Å². The number of hydrogen-bond acceptors (Lipinski definition) is 8. The van der Waals surface area contributed by atoms with E-state index in [2.05, 4.69) is 10.6 Å². The van der Waals surface area contributed by atoms with E-state index in [1.165, 1.54) is 0 Å². The number of benzene rings is 2. The molecule has 1 saturated heterocycles. The van der Waals surface area contributed by atoms with Crippen molar-refractivity contribution in [1.29, 1.82) is 0 Å². The van der Waals surface area contributed by atoms with Crippen LogP contribution in [0.15, 0.2) is 42.5 Å². The van der Waals surface area contributed by atoms with Gasteiger partial charge in [-0.2, -0.15) is 0 Å². The van der Waals surface area contributed by atoms with Crippen LogP contribution in [0.25, 0.3) is 0 Å². The van der Waals surface area contributed by atoms with Crippen molar-refractivity contribution in [2.45, 2.75) is 76.2 Å². The molecule has 15 heteroatoms. The molecule has 5 atom stereocenters. The zero-order valence-corrected chi connectivity index (χ0v) is 25.9. The molecule has 0 saturated carbocycles. The number of hydrogen-bond donors (Lipinski definition) is 3. The molecule has 0 unspecified atom stereocenters. The molecule has 45 heavy (non-hydrogen) atoms. The Morgan fingerprint density at radius 2 is 1.62 bits per heavy atom. The Bertz CT molecular complexity index is 1320. The number of nitrogens with one attached hydrogen (secondary N) is 2. The summed E-state index contributed by atoms with van der Waals surface area (Å²) >= 11 is 0. The van der Waals surface area contributed by atoms with Gasteiger partial charge in [-0.05, 0) is 48.8 Å². The second kappa shape index (κ2) is 18.4. The molecule has 0 aliphatic carbocycles. The normalized spacial score (nSPS) is 17.9. The standard InChI is InChI=1S/C30H37F3N4O6.2Li/c1-16(2)27(36-24(29(40)41)9-8-17-6-4-3-5-7-17)28(39)37-15-20(13-25(37)30(42)43)35-26(38)12-19(34)10-18-11-22(32)23(33)14-21(18)31;;/h3-7,11,14,16,19-20,24-25,27,36H,8-10,12-13,15,34H2,1-2H3,(H,35,38)(H,40,41)(H,42,43);;/q;2*+1/p-2/t19-,20+,24+,25+,27+;;/m1../s1. The Morgan fingerprint density at radius 1 is 1.00 bits per heavy atom. The van der Waals surface area contributed by atoms with Crippen LogP contribution in [0.3, 0.4) is 0 Å². The van der Waals surface area contributed by atoms with Gasteiger partial charge in [0.2, 0.25) is 11.8 Å². The number of nitrogens with two attached hydrogens (primary N) is 1. The van der Waals surface area contributed by atoms with Crippen LogP contribution in [-0.2, 0) is 32.0 Å². The van der Waals surface area contributed by atoms with Crippen molar-refractivity contribution in [3.63, 3.8) is 0 Å². The number of aliphatic carboxylic acids is 2. The molecule has 0 aromatic heterocycles. The average molecular weight is 619 g/mol. The number of nitrogens with zero attached hydrogens (tertiary/aromatic N) is 1. The van der Waals surface area contributed by atoms with E-state index in [-0.39, 0.29) is 75.5 Å². The minimum Gasteiger partial charge on any atom is -0.548 e. The molecule has 1 fully saturated rings. The summed E-state index contributed by atoms with van der Waals surface area (Å²) in [4.78, 5) is 51.1. The fraction of sp³-hybridized carbons (Fsp3) is 0.467. The van der Waals surface area contributed by atoms with Gasteiger partial charge in [0.1, 0.15) is 5.82 Å². The number of likely N-dealkylation sites (tertiary alicyclic amines) is 1. The molecule has 10 nitrogen and oxygen atoms in total. The maximum Gasteiger partial charge on any atom is 1.00 e. The average Bonchev–Trinajstić information content (AvgIpc) is 3.35. The molecule has 1 heterocycles. The Hall–Kier alpha value is -2.78. The molecule has 2 aromatic carbocycles. The first-order valence-corrected chi connectivity index (χ1v) is 14.0.